The van der Waals surface area contributed by atoms with Crippen LogP contribution in [0.2, 0.25) is 0 Å². The van der Waals surface area contributed by atoms with Gasteiger partial charge in [0, 0.05) is 32.0 Å². The Hall–Kier alpha value is -2.36. The predicted molar refractivity (Wildman–Crippen MR) is 83.7 cm³/mol. The monoisotopic (exact) mass is 283 g/mol. The molecule has 21 heavy (non-hydrogen) atoms. The predicted octanol–water partition coefficient (Wildman–Crippen LogP) is 3.12. The van der Waals surface area contributed by atoms with E-state index in [1.807, 2.05) is 31.2 Å². The molecule has 2 rings (SSSR count). The van der Waals surface area contributed by atoms with E-state index in [-0.39, 0.29) is 6.03 Å². The number of hydrogen-bond acceptors (Lipinski definition) is 2. The number of carbonyl (C=O) groups is 1. The topological polar surface area (TPSA) is 45.2 Å². The Morgan fingerprint density at radius 2 is 2.05 bits per heavy atom. The molecule has 0 radical (unpaired) electrons. The van der Waals surface area contributed by atoms with Crippen LogP contribution >= 0.6 is 0 Å². The number of aryl methyl sites for hydroxylation is 1. The fraction of sp³-hybridized carbons (Fsp3) is 0.294. The van der Waals surface area contributed by atoms with Crippen LogP contribution in [0.15, 0.2) is 48.8 Å². The molecule has 4 nitrogen and oxygen atoms in total. The number of nitrogens with one attached hydrogen (secondary N) is 1. The Labute approximate surface area is 125 Å². The molecule has 0 atom stereocenters. The van der Waals surface area contributed by atoms with E-state index in [0.29, 0.717) is 19.6 Å². The second-order valence-electron chi connectivity index (χ2n) is 5.02. The Balaban J connectivity index is 1.92. The molecule has 0 aliphatic carbocycles. The van der Waals surface area contributed by atoms with Gasteiger partial charge in [-0.3, -0.25) is 4.98 Å². The summed E-state index contributed by atoms with van der Waals surface area (Å²) in [4.78, 5) is 18.1. The number of hydrogen-bond donors (Lipinski definition) is 1. The van der Waals surface area contributed by atoms with E-state index in [2.05, 4.69) is 29.4 Å². The number of benzene rings is 1. The third-order valence-corrected chi connectivity index (χ3v) is 3.29. The average molecular weight is 283 g/mol. The molecule has 110 valence electrons. The first-order valence-corrected chi connectivity index (χ1v) is 7.16. The van der Waals surface area contributed by atoms with E-state index in [1.54, 1.807) is 17.3 Å². The van der Waals surface area contributed by atoms with Crippen molar-refractivity contribution >= 4 is 6.03 Å². The zero-order chi connectivity index (χ0) is 15.1. The van der Waals surface area contributed by atoms with Crippen LogP contribution < -0.4 is 5.32 Å². The highest BCUT2D eigenvalue weighted by Crippen LogP contribution is 2.08. The standard InChI is InChI=1S/C17H21N3O/c1-3-20(13-15-7-4-6-14(2)10-15)17(21)19-12-16-8-5-9-18-11-16/h4-11H,3,12-13H2,1-2H3,(H,19,21). The summed E-state index contributed by atoms with van der Waals surface area (Å²) in [7, 11) is 0. The SMILES string of the molecule is CCN(Cc1cccc(C)c1)C(=O)NCc1cccnc1. The van der Waals surface area contributed by atoms with Crippen molar-refractivity contribution in [2.45, 2.75) is 26.9 Å². The highest BCUT2D eigenvalue weighted by Gasteiger charge is 2.11. The van der Waals surface area contributed by atoms with Gasteiger partial charge in [0.15, 0.2) is 0 Å². The zero-order valence-electron chi connectivity index (χ0n) is 12.5. The molecule has 2 amide bonds. The van der Waals surface area contributed by atoms with Gasteiger partial charge in [-0.05, 0) is 31.0 Å². The largest absolute Gasteiger partial charge is 0.334 e. The number of pyridine rings is 1. The molecule has 2 aromatic rings. The van der Waals surface area contributed by atoms with Crippen molar-refractivity contribution in [3.8, 4) is 0 Å². The van der Waals surface area contributed by atoms with E-state index >= 15 is 0 Å². The van der Waals surface area contributed by atoms with Crippen molar-refractivity contribution in [3.05, 3.63) is 65.5 Å². The minimum atomic E-state index is -0.0529. The number of nitrogens with zero attached hydrogens (tertiary/aromatic N) is 2. The van der Waals surface area contributed by atoms with E-state index in [4.69, 9.17) is 0 Å². The number of rotatable bonds is 5. The lowest BCUT2D eigenvalue weighted by Gasteiger charge is -2.21. The van der Waals surface area contributed by atoms with E-state index in [1.165, 1.54) is 5.56 Å². The van der Waals surface area contributed by atoms with Crippen LogP contribution in [-0.2, 0) is 13.1 Å². The molecule has 0 bridgehead atoms. The van der Waals surface area contributed by atoms with Crippen molar-refractivity contribution in [3.63, 3.8) is 0 Å². The molecule has 1 N–H and O–H groups in total. The van der Waals surface area contributed by atoms with Crippen molar-refractivity contribution < 1.29 is 4.79 Å². The summed E-state index contributed by atoms with van der Waals surface area (Å²) in [6, 6.07) is 12.0. The Kier molecular flexibility index (Phi) is 5.32. The summed E-state index contributed by atoms with van der Waals surface area (Å²) in [6.07, 6.45) is 3.48. The number of carbonyl (C=O) groups excluding carboxylic acids is 1. The summed E-state index contributed by atoms with van der Waals surface area (Å²) in [6.45, 7) is 5.84. The van der Waals surface area contributed by atoms with Gasteiger partial charge in [-0.15, -0.1) is 0 Å². The van der Waals surface area contributed by atoms with Gasteiger partial charge in [0.2, 0.25) is 0 Å². The molecule has 0 saturated carbocycles. The van der Waals surface area contributed by atoms with Crippen LogP contribution in [0.3, 0.4) is 0 Å². The lowest BCUT2D eigenvalue weighted by atomic mass is 10.1. The van der Waals surface area contributed by atoms with Crippen molar-refractivity contribution in [2.75, 3.05) is 6.54 Å². The van der Waals surface area contributed by atoms with Crippen LogP contribution in [0.1, 0.15) is 23.6 Å². The smallest absolute Gasteiger partial charge is 0.317 e. The highest BCUT2D eigenvalue weighted by molar-refractivity contribution is 5.74. The normalized spacial score (nSPS) is 10.2. The highest BCUT2D eigenvalue weighted by atomic mass is 16.2. The van der Waals surface area contributed by atoms with Gasteiger partial charge >= 0.3 is 6.03 Å². The van der Waals surface area contributed by atoms with Crippen LogP contribution in [0, 0.1) is 6.92 Å². The minimum Gasteiger partial charge on any atom is -0.334 e. The molecule has 0 aliphatic heterocycles. The van der Waals surface area contributed by atoms with Crippen LogP contribution in [0.5, 0.6) is 0 Å². The van der Waals surface area contributed by atoms with Gasteiger partial charge in [0.05, 0.1) is 0 Å². The van der Waals surface area contributed by atoms with Crippen molar-refractivity contribution in [1.82, 2.24) is 15.2 Å². The van der Waals surface area contributed by atoms with E-state index < -0.39 is 0 Å². The fourth-order valence-corrected chi connectivity index (χ4v) is 2.15. The van der Waals surface area contributed by atoms with Crippen LogP contribution in [-0.4, -0.2) is 22.5 Å². The molecular weight excluding hydrogens is 262 g/mol. The van der Waals surface area contributed by atoms with Crippen molar-refractivity contribution in [2.24, 2.45) is 0 Å². The molecule has 1 aromatic heterocycles. The van der Waals surface area contributed by atoms with Gasteiger partial charge in [0.1, 0.15) is 0 Å². The van der Waals surface area contributed by atoms with E-state index in [9.17, 15) is 4.79 Å². The molecule has 0 fully saturated rings. The summed E-state index contributed by atoms with van der Waals surface area (Å²) in [5.74, 6) is 0. The Morgan fingerprint density at radius 3 is 2.71 bits per heavy atom. The maximum Gasteiger partial charge on any atom is 0.317 e. The van der Waals surface area contributed by atoms with Gasteiger partial charge in [0.25, 0.3) is 0 Å². The van der Waals surface area contributed by atoms with Gasteiger partial charge in [-0.2, -0.15) is 0 Å². The lowest BCUT2D eigenvalue weighted by Crippen LogP contribution is -2.39. The first-order chi connectivity index (χ1) is 10.2. The minimum absolute atomic E-state index is 0.0529. The van der Waals surface area contributed by atoms with Crippen molar-refractivity contribution in [1.29, 1.82) is 0 Å². The molecule has 0 unspecified atom stereocenters. The van der Waals surface area contributed by atoms with Crippen LogP contribution in [0.4, 0.5) is 4.79 Å². The quantitative estimate of drug-likeness (QED) is 0.916. The average Bonchev–Trinajstić information content (AvgIpc) is 2.51. The summed E-state index contributed by atoms with van der Waals surface area (Å²) < 4.78 is 0. The second-order valence-corrected chi connectivity index (χ2v) is 5.02. The number of urea groups is 1. The van der Waals surface area contributed by atoms with Crippen LogP contribution in [0.25, 0.3) is 0 Å². The maximum atomic E-state index is 12.2. The molecule has 0 saturated heterocycles. The second kappa shape index (κ2) is 7.43. The van der Waals surface area contributed by atoms with Gasteiger partial charge < -0.3 is 10.2 Å². The zero-order valence-corrected chi connectivity index (χ0v) is 12.5. The third-order valence-electron chi connectivity index (χ3n) is 3.29. The number of aromatic nitrogens is 1. The summed E-state index contributed by atoms with van der Waals surface area (Å²) >= 11 is 0. The van der Waals surface area contributed by atoms with Gasteiger partial charge in [-0.25, -0.2) is 4.79 Å². The molecule has 0 spiro atoms. The maximum absolute atomic E-state index is 12.2. The summed E-state index contributed by atoms with van der Waals surface area (Å²) in [5, 5.41) is 2.93. The first kappa shape index (κ1) is 15.0. The Bertz CT molecular complexity index is 584. The van der Waals surface area contributed by atoms with E-state index in [0.717, 1.165) is 11.1 Å². The lowest BCUT2D eigenvalue weighted by molar-refractivity contribution is 0.197. The Morgan fingerprint density at radius 1 is 1.24 bits per heavy atom. The first-order valence-electron chi connectivity index (χ1n) is 7.16. The number of amides is 2. The summed E-state index contributed by atoms with van der Waals surface area (Å²) in [5.41, 5.74) is 3.35. The van der Waals surface area contributed by atoms with Gasteiger partial charge in [-0.1, -0.05) is 35.9 Å². The third kappa shape index (κ3) is 4.60. The molecular formula is C17H21N3O. The molecule has 1 heterocycles. The fourth-order valence-electron chi connectivity index (χ4n) is 2.15. The molecule has 4 heteroatoms. The molecule has 0 aliphatic rings. The molecule has 1 aromatic carbocycles.